The Morgan fingerprint density at radius 2 is 2.19 bits per heavy atom. The number of aldehydes is 1. The average Bonchev–Trinajstić information content (AvgIpc) is 2.74. The Hall–Kier alpha value is -1.81. The molecule has 1 heterocycles. The van der Waals surface area contributed by atoms with Crippen molar-refractivity contribution >= 4 is 17.6 Å². The zero-order chi connectivity index (χ0) is 11.5. The predicted molar refractivity (Wildman–Crippen MR) is 63.4 cm³/mol. The number of benzene rings is 1. The Kier molecular flexibility index (Phi) is 2.92. The van der Waals surface area contributed by atoms with Gasteiger partial charge in [-0.25, -0.2) is 0 Å². The van der Waals surface area contributed by atoms with Gasteiger partial charge in [-0.2, -0.15) is 0 Å². The molecule has 2 rings (SSSR count). The van der Waals surface area contributed by atoms with Crippen molar-refractivity contribution in [3.8, 4) is 21.9 Å². The van der Waals surface area contributed by atoms with Gasteiger partial charge in [-0.1, -0.05) is 0 Å². The van der Waals surface area contributed by atoms with Crippen molar-refractivity contribution in [2.75, 3.05) is 7.11 Å². The summed E-state index contributed by atoms with van der Waals surface area (Å²) in [6.45, 7) is 0. The molecule has 2 aromatic rings. The summed E-state index contributed by atoms with van der Waals surface area (Å²) < 4.78 is 5.20. The molecule has 0 unspecified atom stereocenters. The first-order valence-electron chi connectivity index (χ1n) is 4.66. The molecule has 3 nitrogen and oxygen atoms in total. The molecule has 0 spiro atoms. The molecule has 0 aliphatic carbocycles. The van der Waals surface area contributed by atoms with Crippen LogP contribution in [0.25, 0.3) is 10.4 Å². The zero-order valence-corrected chi connectivity index (χ0v) is 9.45. The van der Waals surface area contributed by atoms with Gasteiger partial charge < -0.3 is 9.84 Å². The van der Waals surface area contributed by atoms with Gasteiger partial charge in [0.15, 0.2) is 0 Å². The van der Waals surface area contributed by atoms with Gasteiger partial charge in [-0.3, -0.25) is 4.79 Å². The molecule has 0 saturated heterocycles. The number of carbonyl (C=O) groups excluding carboxylic acids is 1. The van der Waals surface area contributed by atoms with E-state index in [1.54, 1.807) is 36.8 Å². The standard InChI is InChI=1S/C12H10O3S/c1-15-11-3-2-8(7-13)6-9(11)12-10(14)4-5-16-12/h2-7,14H,1H3. The molecule has 1 N–H and O–H groups in total. The van der Waals surface area contributed by atoms with Crippen LogP contribution >= 0.6 is 11.3 Å². The lowest BCUT2D eigenvalue weighted by molar-refractivity contribution is 0.112. The largest absolute Gasteiger partial charge is 0.506 e. The highest BCUT2D eigenvalue weighted by atomic mass is 32.1. The summed E-state index contributed by atoms with van der Waals surface area (Å²) in [5.74, 6) is 0.842. The van der Waals surface area contributed by atoms with Crippen molar-refractivity contribution in [2.24, 2.45) is 0 Å². The SMILES string of the molecule is COc1ccc(C=O)cc1-c1sccc1O. The molecular formula is C12H10O3S. The predicted octanol–water partition coefficient (Wildman–Crippen LogP) is 2.94. The smallest absolute Gasteiger partial charge is 0.150 e. The van der Waals surface area contributed by atoms with Gasteiger partial charge in [-0.05, 0) is 29.6 Å². The van der Waals surface area contributed by atoms with Gasteiger partial charge in [0.1, 0.15) is 17.8 Å². The van der Waals surface area contributed by atoms with E-state index in [1.807, 2.05) is 0 Å². The second-order valence-corrected chi connectivity index (χ2v) is 4.13. The van der Waals surface area contributed by atoms with Crippen LogP contribution < -0.4 is 4.74 Å². The molecule has 0 aliphatic heterocycles. The number of ether oxygens (including phenoxy) is 1. The molecule has 16 heavy (non-hydrogen) atoms. The van der Waals surface area contributed by atoms with E-state index in [2.05, 4.69) is 0 Å². The maximum Gasteiger partial charge on any atom is 0.150 e. The Morgan fingerprint density at radius 1 is 1.38 bits per heavy atom. The van der Waals surface area contributed by atoms with Gasteiger partial charge in [0.25, 0.3) is 0 Å². The van der Waals surface area contributed by atoms with Crippen LogP contribution in [0.3, 0.4) is 0 Å². The summed E-state index contributed by atoms with van der Waals surface area (Å²) in [5.41, 5.74) is 1.29. The van der Waals surface area contributed by atoms with Crippen LogP contribution in [0.5, 0.6) is 11.5 Å². The van der Waals surface area contributed by atoms with E-state index in [0.717, 1.165) is 11.8 Å². The topological polar surface area (TPSA) is 46.5 Å². The fourth-order valence-electron chi connectivity index (χ4n) is 1.48. The van der Waals surface area contributed by atoms with Crippen LogP contribution in [0.1, 0.15) is 10.4 Å². The molecule has 0 bridgehead atoms. The highest BCUT2D eigenvalue weighted by molar-refractivity contribution is 7.14. The fraction of sp³-hybridized carbons (Fsp3) is 0.0833. The van der Waals surface area contributed by atoms with E-state index < -0.39 is 0 Å². The van der Waals surface area contributed by atoms with Gasteiger partial charge in [0.2, 0.25) is 0 Å². The number of carbonyl (C=O) groups is 1. The maximum absolute atomic E-state index is 10.7. The number of rotatable bonds is 3. The number of hydrogen-bond acceptors (Lipinski definition) is 4. The number of methoxy groups -OCH3 is 1. The van der Waals surface area contributed by atoms with Gasteiger partial charge >= 0.3 is 0 Å². The molecular weight excluding hydrogens is 224 g/mol. The second kappa shape index (κ2) is 4.37. The quantitative estimate of drug-likeness (QED) is 0.830. The zero-order valence-electron chi connectivity index (χ0n) is 8.64. The Morgan fingerprint density at radius 3 is 2.75 bits per heavy atom. The highest BCUT2D eigenvalue weighted by Crippen LogP contribution is 2.40. The third-order valence-corrected chi connectivity index (χ3v) is 3.19. The second-order valence-electron chi connectivity index (χ2n) is 3.21. The Bertz CT molecular complexity index is 517. The summed E-state index contributed by atoms with van der Waals surface area (Å²) in [6, 6.07) is 6.72. The number of hydrogen-bond donors (Lipinski definition) is 1. The molecule has 1 aromatic carbocycles. The summed E-state index contributed by atoms with van der Waals surface area (Å²) in [4.78, 5) is 11.4. The highest BCUT2D eigenvalue weighted by Gasteiger charge is 2.12. The van der Waals surface area contributed by atoms with E-state index in [1.165, 1.54) is 11.3 Å². The Balaban J connectivity index is 2.61. The van der Waals surface area contributed by atoms with E-state index in [4.69, 9.17) is 4.74 Å². The van der Waals surface area contributed by atoms with Crippen molar-refractivity contribution < 1.29 is 14.6 Å². The van der Waals surface area contributed by atoms with Crippen molar-refractivity contribution in [3.63, 3.8) is 0 Å². The first-order chi connectivity index (χ1) is 7.76. The molecule has 4 heteroatoms. The summed E-state index contributed by atoms with van der Waals surface area (Å²) in [6.07, 6.45) is 0.771. The minimum Gasteiger partial charge on any atom is -0.506 e. The van der Waals surface area contributed by atoms with Crippen LogP contribution in [0.4, 0.5) is 0 Å². The molecule has 0 saturated carbocycles. The van der Waals surface area contributed by atoms with Crippen LogP contribution in [-0.4, -0.2) is 18.5 Å². The molecule has 82 valence electrons. The van der Waals surface area contributed by atoms with E-state index >= 15 is 0 Å². The van der Waals surface area contributed by atoms with Crippen molar-refractivity contribution in [3.05, 3.63) is 35.2 Å². The first-order valence-corrected chi connectivity index (χ1v) is 5.54. The van der Waals surface area contributed by atoms with Crippen LogP contribution in [-0.2, 0) is 0 Å². The average molecular weight is 234 g/mol. The lowest BCUT2D eigenvalue weighted by Crippen LogP contribution is -1.89. The van der Waals surface area contributed by atoms with Gasteiger partial charge in [-0.15, -0.1) is 11.3 Å². The monoisotopic (exact) mass is 234 g/mol. The fourth-order valence-corrected chi connectivity index (χ4v) is 2.29. The molecule has 0 radical (unpaired) electrons. The number of thiophene rings is 1. The van der Waals surface area contributed by atoms with E-state index in [0.29, 0.717) is 16.2 Å². The van der Waals surface area contributed by atoms with Crippen molar-refractivity contribution in [2.45, 2.75) is 0 Å². The first kappa shape index (κ1) is 10.7. The maximum atomic E-state index is 10.7. The molecule has 0 atom stereocenters. The van der Waals surface area contributed by atoms with Crippen LogP contribution in [0, 0.1) is 0 Å². The third kappa shape index (κ3) is 1.79. The summed E-state index contributed by atoms with van der Waals surface area (Å²) in [7, 11) is 1.56. The lowest BCUT2D eigenvalue weighted by Gasteiger charge is -2.07. The minimum atomic E-state index is 0.200. The number of aromatic hydroxyl groups is 1. The molecule has 1 aromatic heterocycles. The lowest BCUT2D eigenvalue weighted by atomic mass is 10.1. The van der Waals surface area contributed by atoms with Crippen molar-refractivity contribution in [1.82, 2.24) is 0 Å². The van der Waals surface area contributed by atoms with Crippen LogP contribution in [0.15, 0.2) is 29.6 Å². The van der Waals surface area contributed by atoms with E-state index in [9.17, 15) is 9.90 Å². The summed E-state index contributed by atoms with van der Waals surface area (Å²) in [5, 5.41) is 11.4. The normalized spacial score (nSPS) is 10.1. The van der Waals surface area contributed by atoms with Crippen molar-refractivity contribution in [1.29, 1.82) is 0 Å². The molecule has 0 fully saturated rings. The minimum absolute atomic E-state index is 0.200. The van der Waals surface area contributed by atoms with Gasteiger partial charge in [0.05, 0.1) is 12.0 Å². The molecule has 0 aliphatic rings. The Labute approximate surface area is 96.9 Å². The van der Waals surface area contributed by atoms with E-state index in [-0.39, 0.29) is 5.75 Å². The summed E-state index contributed by atoms with van der Waals surface area (Å²) >= 11 is 1.41. The third-order valence-electron chi connectivity index (χ3n) is 2.25. The molecule has 0 amide bonds. The van der Waals surface area contributed by atoms with Crippen LogP contribution in [0.2, 0.25) is 0 Å². The van der Waals surface area contributed by atoms with Gasteiger partial charge in [0, 0.05) is 11.1 Å².